The minimum atomic E-state index is -0.526. The van der Waals surface area contributed by atoms with Crippen molar-refractivity contribution in [1.82, 2.24) is 5.32 Å². The normalized spacial score (nSPS) is 15.1. The van der Waals surface area contributed by atoms with Crippen LogP contribution in [-0.4, -0.2) is 30.1 Å². The highest BCUT2D eigenvalue weighted by Gasteiger charge is 2.34. The zero-order valence-corrected chi connectivity index (χ0v) is 19.2. The van der Waals surface area contributed by atoms with Crippen molar-refractivity contribution >= 4 is 40.9 Å². The summed E-state index contributed by atoms with van der Waals surface area (Å²) in [7, 11) is 0. The predicted molar refractivity (Wildman–Crippen MR) is 130 cm³/mol. The Hall–Kier alpha value is -3.19. The van der Waals surface area contributed by atoms with E-state index in [4.69, 9.17) is 21.7 Å². The van der Waals surface area contributed by atoms with Crippen LogP contribution in [0.2, 0.25) is 0 Å². The topological polar surface area (TPSA) is 67.9 Å². The number of para-hydroxylation sites is 1. The number of ether oxygens (including phenoxy) is 2. The zero-order chi connectivity index (χ0) is 22.9. The highest BCUT2D eigenvalue weighted by atomic mass is 32.1. The first kappa shape index (κ1) is 23.5. The number of hydrogen-bond donors (Lipinski definition) is 1. The van der Waals surface area contributed by atoms with Gasteiger partial charge in [-0.2, -0.15) is 0 Å². The molecule has 0 unspecified atom stereocenters. The second kappa shape index (κ2) is 11.4. The third-order valence-electron chi connectivity index (χ3n) is 4.95. The van der Waals surface area contributed by atoms with Gasteiger partial charge in [-0.05, 0) is 61.5 Å². The van der Waals surface area contributed by atoms with E-state index < -0.39 is 11.8 Å². The first-order valence-electron chi connectivity index (χ1n) is 10.9. The van der Waals surface area contributed by atoms with Gasteiger partial charge in [0.1, 0.15) is 5.57 Å². The van der Waals surface area contributed by atoms with Crippen LogP contribution < -0.4 is 19.7 Å². The van der Waals surface area contributed by atoms with Crippen LogP contribution >= 0.6 is 12.2 Å². The number of amides is 2. The van der Waals surface area contributed by atoms with Crippen molar-refractivity contribution in [1.29, 1.82) is 0 Å². The molecule has 32 heavy (non-hydrogen) atoms. The van der Waals surface area contributed by atoms with Gasteiger partial charge in [0.15, 0.2) is 16.6 Å². The molecule has 3 rings (SSSR count). The van der Waals surface area contributed by atoms with Gasteiger partial charge in [0, 0.05) is 0 Å². The van der Waals surface area contributed by atoms with Gasteiger partial charge in [-0.15, -0.1) is 0 Å². The number of rotatable bonds is 10. The third-order valence-corrected chi connectivity index (χ3v) is 5.23. The summed E-state index contributed by atoms with van der Waals surface area (Å²) in [4.78, 5) is 27.0. The third kappa shape index (κ3) is 5.73. The number of nitrogens with one attached hydrogen (secondary N) is 1. The molecule has 2 aromatic rings. The Balaban J connectivity index is 1.83. The molecule has 1 heterocycles. The second-order valence-corrected chi connectivity index (χ2v) is 7.73. The number of thiocarbonyl (C=S) groups is 1. The molecule has 6 nitrogen and oxygen atoms in total. The smallest absolute Gasteiger partial charge is 0.270 e. The first-order chi connectivity index (χ1) is 15.5. The largest absolute Gasteiger partial charge is 0.490 e. The van der Waals surface area contributed by atoms with Crippen molar-refractivity contribution in [2.24, 2.45) is 0 Å². The van der Waals surface area contributed by atoms with Gasteiger partial charge in [0.2, 0.25) is 0 Å². The Morgan fingerprint density at radius 3 is 2.47 bits per heavy atom. The molecule has 1 fully saturated rings. The number of benzene rings is 2. The van der Waals surface area contributed by atoms with E-state index in [1.54, 1.807) is 42.5 Å². The van der Waals surface area contributed by atoms with E-state index in [-0.39, 0.29) is 10.7 Å². The van der Waals surface area contributed by atoms with E-state index >= 15 is 0 Å². The Labute approximate surface area is 194 Å². The molecule has 0 spiro atoms. The monoisotopic (exact) mass is 452 g/mol. The van der Waals surface area contributed by atoms with E-state index in [1.165, 1.54) is 17.7 Å². The highest BCUT2D eigenvalue weighted by molar-refractivity contribution is 7.80. The van der Waals surface area contributed by atoms with Crippen LogP contribution in [0.5, 0.6) is 11.5 Å². The van der Waals surface area contributed by atoms with Crippen molar-refractivity contribution in [2.45, 2.75) is 39.5 Å². The van der Waals surface area contributed by atoms with E-state index in [2.05, 4.69) is 12.2 Å². The maximum absolute atomic E-state index is 13.1. The van der Waals surface area contributed by atoms with Crippen LogP contribution in [-0.2, 0) is 9.59 Å². The van der Waals surface area contributed by atoms with Gasteiger partial charge in [-0.1, -0.05) is 50.5 Å². The predicted octanol–water partition coefficient (Wildman–Crippen LogP) is 4.88. The molecule has 2 amide bonds. The quantitative estimate of drug-likeness (QED) is 0.241. The van der Waals surface area contributed by atoms with Gasteiger partial charge in [0.05, 0.1) is 18.9 Å². The Kier molecular flexibility index (Phi) is 8.39. The minimum absolute atomic E-state index is 0.00173. The summed E-state index contributed by atoms with van der Waals surface area (Å²) in [5.74, 6) is 0.231. The number of carbonyl (C=O) groups is 2. The van der Waals surface area contributed by atoms with E-state index in [9.17, 15) is 9.59 Å². The lowest BCUT2D eigenvalue weighted by molar-refractivity contribution is -0.122. The number of anilines is 1. The van der Waals surface area contributed by atoms with Crippen LogP contribution in [0.1, 0.15) is 45.1 Å². The zero-order valence-electron chi connectivity index (χ0n) is 18.4. The second-order valence-electron chi connectivity index (χ2n) is 7.34. The molecule has 2 aromatic carbocycles. The molecular weight excluding hydrogens is 424 g/mol. The Morgan fingerprint density at radius 2 is 1.75 bits per heavy atom. The molecule has 1 N–H and O–H groups in total. The van der Waals surface area contributed by atoms with Gasteiger partial charge in [-0.3, -0.25) is 19.8 Å². The summed E-state index contributed by atoms with van der Waals surface area (Å²) in [6.07, 6.45) is 6.01. The lowest BCUT2D eigenvalue weighted by atomic mass is 10.1. The van der Waals surface area contributed by atoms with Gasteiger partial charge in [-0.25, -0.2) is 0 Å². The average molecular weight is 453 g/mol. The minimum Gasteiger partial charge on any atom is -0.490 e. The van der Waals surface area contributed by atoms with Crippen LogP contribution in [0.15, 0.2) is 54.1 Å². The van der Waals surface area contributed by atoms with Crippen molar-refractivity contribution in [3.63, 3.8) is 0 Å². The summed E-state index contributed by atoms with van der Waals surface area (Å²) in [6, 6.07) is 14.4. The lowest BCUT2D eigenvalue weighted by Gasteiger charge is -2.28. The number of carbonyl (C=O) groups excluding carboxylic acids is 2. The Bertz CT molecular complexity index is 1000. The molecule has 1 aliphatic rings. The van der Waals surface area contributed by atoms with Gasteiger partial charge < -0.3 is 9.47 Å². The fraction of sp³-hybridized carbons (Fsp3) is 0.320. The Morgan fingerprint density at radius 1 is 0.969 bits per heavy atom. The highest BCUT2D eigenvalue weighted by Crippen LogP contribution is 2.30. The average Bonchev–Trinajstić information content (AvgIpc) is 2.78. The molecule has 0 radical (unpaired) electrons. The van der Waals surface area contributed by atoms with Crippen molar-refractivity contribution in [3.8, 4) is 11.5 Å². The van der Waals surface area contributed by atoms with Crippen molar-refractivity contribution in [2.75, 3.05) is 18.1 Å². The summed E-state index contributed by atoms with van der Waals surface area (Å²) >= 11 is 5.23. The summed E-state index contributed by atoms with van der Waals surface area (Å²) in [6.45, 7) is 5.16. The van der Waals surface area contributed by atoms with E-state index in [1.807, 2.05) is 19.1 Å². The van der Waals surface area contributed by atoms with E-state index in [0.29, 0.717) is 36.0 Å². The maximum atomic E-state index is 13.1. The van der Waals surface area contributed by atoms with Crippen LogP contribution in [0.4, 0.5) is 5.69 Å². The van der Waals surface area contributed by atoms with Crippen LogP contribution in [0.3, 0.4) is 0 Å². The maximum Gasteiger partial charge on any atom is 0.270 e. The number of unbranched alkanes of at least 4 members (excludes halogenated alkanes) is 3. The molecule has 1 saturated heterocycles. The molecule has 0 aliphatic carbocycles. The molecule has 0 atom stereocenters. The van der Waals surface area contributed by atoms with Crippen molar-refractivity contribution in [3.05, 3.63) is 59.7 Å². The summed E-state index contributed by atoms with van der Waals surface area (Å²) < 4.78 is 11.6. The molecular formula is C25H28N2O4S. The van der Waals surface area contributed by atoms with Crippen LogP contribution in [0.25, 0.3) is 6.08 Å². The van der Waals surface area contributed by atoms with Crippen LogP contribution in [0, 0.1) is 0 Å². The molecule has 0 aromatic heterocycles. The molecule has 1 aliphatic heterocycles. The molecule has 168 valence electrons. The van der Waals surface area contributed by atoms with Gasteiger partial charge >= 0.3 is 0 Å². The summed E-state index contributed by atoms with van der Waals surface area (Å²) in [5, 5.41) is 2.66. The molecule has 7 heteroatoms. The lowest BCUT2D eigenvalue weighted by Crippen LogP contribution is -2.54. The SMILES string of the molecule is CCCCCCOc1ccc(C=C2C(=O)NC(=S)N(c3ccccc3)C2=O)cc1OCC. The van der Waals surface area contributed by atoms with Gasteiger partial charge in [0.25, 0.3) is 11.8 Å². The fourth-order valence-electron chi connectivity index (χ4n) is 3.35. The van der Waals surface area contributed by atoms with E-state index in [0.717, 1.165) is 12.8 Å². The first-order valence-corrected chi connectivity index (χ1v) is 11.3. The molecule has 0 saturated carbocycles. The number of hydrogen-bond acceptors (Lipinski definition) is 5. The fourth-order valence-corrected chi connectivity index (χ4v) is 3.63. The molecule has 0 bridgehead atoms. The summed E-state index contributed by atoms with van der Waals surface area (Å²) in [5.41, 5.74) is 1.25. The standard InChI is InChI=1S/C25H28N2O4S/c1-3-5-6-10-15-31-21-14-13-18(17-22(21)30-4-2)16-20-23(28)26-25(32)27(24(20)29)19-11-8-7-9-12-19/h7-9,11-14,16-17H,3-6,10,15H2,1-2H3,(H,26,28,32). The number of nitrogens with zero attached hydrogens (tertiary/aromatic N) is 1. The van der Waals surface area contributed by atoms with Crippen molar-refractivity contribution < 1.29 is 19.1 Å².